The number of carbonyl (C=O) groups excluding carboxylic acids is 1. The van der Waals surface area contributed by atoms with Crippen LogP contribution in [-0.4, -0.2) is 19.1 Å². The first-order valence-corrected chi connectivity index (χ1v) is 8.30. The van der Waals surface area contributed by atoms with Gasteiger partial charge in [-0.25, -0.2) is 0 Å². The molecule has 3 aromatic rings. The van der Waals surface area contributed by atoms with Gasteiger partial charge in [-0.1, -0.05) is 60.7 Å². The molecule has 0 fully saturated rings. The van der Waals surface area contributed by atoms with E-state index in [0.29, 0.717) is 5.75 Å². The Balaban J connectivity index is 1.66. The maximum Gasteiger partial charge on any atom is 0.267 e. The van der Waals surface area contributed by atoms with E-state index in [2.05, 4.69) is 12.1 Å². The number of benzene rings is 3. The predicted molar refractivity (Wildman–Crippen MR) is 102 cm³/mol. The van der Waals surface area contributed by atoms with E-state index in [4.69, 9.17) is 4.74 Å². The molecule has 1 amide bonds. The lowest BCUT2D eigenvalue weighted by Gasteiger charge is -2.22. The molecule has 0 aliphatic carbocycles. The highest BCUT2D eigenvalue weighted by molar-refractivity contribution is 5.96. The van der Waals surface area contributed by atoms with Gasteiger partial charge in [0.05, 0.1) is 0 Å². The monoisotopic (exact) mass is 331 g/mol. The van der Waals surface area contributed by atoms with Crippen LogP contribution < -0.4 is 9.64 Å². The summed E-state index contributed by atoms with van der Waals surface area (Å²) in [4.78, 5) is 14.2. The topological polar surface area (TPSA) is 29.5 Å². The molecule has 1 unspecified atom stereocenters. The number of rotatable bonds is 5. The van der Waals surface area contributed by atoms with E-state index >= 15 is 0 Å². The molecule has 0 radical (unpaired) electrons. The third kappa shape index (κ3) is 4.07. The van der Waals surface area contributed by atoms with Gasteiger partial charge in [0.2, 0.25) is 0 Å². The molecule has 126 valence electrons. The smallest absolute Gasteiger partial charge is 0.267 e. The van der Waals surface area contributed by atoms with Crippen LogP contribution in [0.5, 0.6) is 5.75 Å². The molecule has 3 rings (SSSR count). The van der Waals surface area contributed by atoms with E-state index in [0.717, 1.165) is 16.8 Å². The number of para-hydroxylation sites is 1. The number of anilines is 1. The molecule has 0 aromatic heterocycles. The summed E-state index contributed by atoms with van der Waals surface area (Å²) < 4.78 is 5.82. The summed E-state index contributed by atoms with van der Waals surface area (Å²) in [5, 5.41) is 0. The Morgan fingerprint density at radius 2 is 1.32 bits per heavy atom. The van der Waals surface area contributed by atoms with E-state index in [1.54, 1.807) is 18.9 Å². The lowest BCUT2D eigenvalue weighted by molar-refractivity contribution is -0.124. The maximum absolute atomic E-state index is 12.5. The Labute approximate surface area is 148 Å². The van der Waals surface area contributed by atoms with Crippen molar-refractivity contribution in [3.05, 3.63) is 84.9 Å². The highest BCUT2D eigenvalue weighted by Gasteiger charge is 2.20. The van der Waals surface area contributed by atoms with Crippen LogP contribution in [0, 0.1) is 0 Å². The zero-order valence-electron chi connectivity index (χ0n) is 14.4. The summed E-state index contributed by atoms with van der Waals surface area (Å²) in [7, 11) is 1.76. The second kappa shape index (κ2) is 7.67. The average Bonchev–Trinajstić information content (AvgIpc) is 2.68. The molecule has 3 heteroatoms. The molecule has 0 bridgehead atoms. The summed E-state index contributed by atoms with van der Waals surface area (Å²) in [5.74, 6) is 0.598. The van der Waals surface area contributed by atoms with Crippen molar-refractivity contribution >= 4 is 11.6 Å². The largest absolute Gasteiger partial charge is 0.481 e. The Hall–Kier alpha value is -3.07. The Kier molecular flexibility index (Phi) is 5.14. The number of carbonyl (C=O) groups is 1. The number of ether oxygens (including phenoxy) is 1. The first-order chi connectivity index (χ1) is 12.1. The quantitative estimate of drug-likeness (QED) is 0.673. The van der Waals surface area contributed by atoms with Gasteiger partial charge in [0, 0.05) is 12.7 Å². The second-order valence-electron chi connectivity index (χ2n) is 5.88. The first kappa shape index (κ1) is 16.8. The highest BCUT2D eigenvalue weighted by Crippen LogP contribution is 2.23. The zero-order valence-corrected chi connectivity index (χ0v) is 14.4. The number of hydrogen-bond acceptors (Lipinski definition) is 2. The maximum atomic E-state index is 12.5. The lowest BCUT2D eigenvalue weighted by atomic mass is 10.1. The van der Waals surface area contributed by atoms with Gasteiger partial charge >= 0.3 is 0 Å². The number of hydrogen-bond donors (Lipinski definition) is 0. The van der Waals surface area contributed by atoms with E-state index in [-0.39, 0.29) is 5.91 Å². The van der Waals surface area contributed by atoms with Crippen molar-refractivity contribution in [3.8, 4) is 16.9 Å². The van der Waals surface area contributed by atoms with Crippen molar-refractivity contribution < 1.29 is 9.53 Å². The molecule has 25 heavy (non-hydrogen) atoms. The van der Waals surface area contributed by atoms with E-state index < -0.39 is 6.10 Å². The molecule has 0 spiro atoms. The molecule has 0 N–H and O–H groups in total. The molecule has 0 heterocycles. The summed E-state index contributed by atoms with van der Waals surface area (Å²) >= 11 is 0. The molecular formula is C22H21NO2. The SMILES string of the molecule is CC(Oc1ccc(-c2ccccc2)cc1)C(=O)N(C)c1ccccc1. The fourth-order valence-electron chi connectivity index (χ4n) is 2.66. The van der Waals surface area contributed by atoms with Crippen LogP contribution in [0.4, 0.5) is 5.69 Å². The number of amides is 1. The molecular weight excluding hydrogens is 310 g/mol. The van der Waals surface area contributed by atoms with Gasteiger partial charge in [-0.05, 0) is 42.3 Å². The Morgan fingerprint density at radius 3 is 1.92 bits per heavy atom. The fraction of sp³-hybridized carbons (Fsp3) is 0.136. The Morgan fingerprint density at radius 1 is 0.800 bits per heavy atom. The van der Waals surface area contributed by atoms with Crippen molar-refractivity contribution in [2.24, 2.45) is 0 Å². The van der Waals surface area contributed by atoms with E-state index in [1.165, 1.54) is 0 Å². The summed E-state index contributed by atoms with van der Waals surface area (Å²) in [6.45, 7) is 1.77. The van der Waals surface area contributed by atoms with Gasteiger partial charge in [0.1, 0.15) is 5.75 Å². The molecule has 1 atom stereocenters. The first-order valence-electron chi connectivity index (χ1n) is 8.30. The summed E-state index contributed by atoms with van der Waals surface area (Å²) in [6.07, 6.45) is -0.562. The van der Waals surface area contributed by atoms with Crippen molar-refractivity contribution in [2.75, 3.05) is 11.9 Å². The normalized spacial score (nSPS) is 11.6. The Bertz CT molecular complexity index is 814. The van der Waals surface area contributed by atoms with Gasteiger partial charge in [-0.2, -0.15) is 0 Å². The number of nitrogens with zero attached hydrogens (tertiary/aromatic N) is 1. The van der Waals surface area contributed by atoms with Crippen LogP contribution in [0.2, 0.25) is 0 Å². The zero-order chi connectivity index (χ0) is 17.6. The van der Waals surface area contributed by atoms with Crippen molar-refractivity contribution in [1.82, 2.24) is 0 Å². The van der Waals surface area contributed by atoms with Crippen molar-refractivity contribution in [3.63, 3.8) is 0 Å². The van der Waals surface area contributed by atoms with Crippen LogP contribution >= 0.6 is 0 Å². The van der Waals surface area contributed by atoms with Crippen LogP contribution in [0.25, 0.3) is 11.1 Å². The standard InChI is InChI=1S/C22H21NO2/c1-17(22(24)23(2)20-11-7-4-8-12-20)25-21-15-13-19(14-16-21)18-9-5-3-6-10-18/h3-17H,1-2H3. The average molecular weight is 331 g/mol. The second-order valence-corrected chi connectivity index (χ2v) is 5.88. The third-order valence-corrected chi connectivity index (χ3v) is 4.10. The molecule has 3 nitrogen and oxygen atoms in total. The third-order valence-electron chi connectivity index (χ3n) is 4.10. The fourth-order valence-corrected chi connectivity index (χ4v) is 2.66. The lowest BCUT2D eigenvalue weighted by Crippen LogP contribution is -2.37. The highest BCUT2D eigenvalue weighted by atomic mass is 16.5. The van der Waals surface area contributed by atoms with Gasteiger partial charge in [0.25, 0.3) is 5.91 Å². The predicted octanol–water partition coefficient (Wildman–Crippen LogP) is 4.78. The van der Waals surface area contributed by atoms with E-state index in [1.807, 2.05) is 72.8 Å². The van der Waals surface area contributed by atoms with Crippen LogP contribution in [0.3, 0.4) is 0 Å². The minimum absolute atomic E-state index is 0.0849. The van der Waals surface area contributed by atoms with Crippen LogP contribution in [0.15, 0.2) is 84.9 Å². The van der Waals surface area contributed by atoms with Gasteiger partial charge in [-0.3, -0.25) is 4.79 Å². The molecule has 0 aliphatic heterocycles. The summed E-state index contributed by atoms with van der Waals surface area (Å²) in [6, 6.07) is 27.5. The van der Waals surface area contributed by atoms with Crippen molar-refractivity contribution in [1.29, 1.82) is 0 Å². The molecule has 0 aliphatic rings. The van der Waals surface area contributed by atoms with Crippen LogP contribution in [-0.2, 0) is 4.79 Å². The molecule has 0 saturated carbocycles. The van der Waals surface area contributed by atoms with Crippen LogP contribution in [0.1, 0.15) is 6.92 Å². The van der Waals surface area contributed by atoms with Crippen molar-refractivity contribution in [2.45, 2.75) is 13.0 Å². The molecule has 0 saturated heterocycles. The molecule has 3 aromatic carbocycles. The van der Waals surface area contributed by atoms with E-state index in [9.17, 15) is 4.79 Å². The minimum atomic E-state index is -0.562. The van der Waals surface area contributed by atoms with Gasteiger partial charge < -0.3 is 9.64 Å². The number of likely N-dealkylation sites (N-methyl/N-ethyl adjacent to an activating group) is 1. The minimum Gasteiger partial charge on any atom is -0.481 e. The summed E-state index contributed by atoms with van der Waals surface area (Å²) in [5.41, 5.74) is 3.12. The van der Waals surface area contributed by atoms with Gasteiger partial charge in [-0.15, -0.1) is 0 Å². The van der Waals surface area contributed by atoms with Gasteiger partial charge in [0.15, 0.2) is 6.10 Å².